The number of thiazole rings is 1. The minimum atomic E-state index is -1.30. The predicted molar refractivity (Wildman–Crippen MR) is 109 cm³/mol. The summed E-state index contributed by atoms with van der Waals surface area (Å²) in [5.41, 5.74) is 0.688. The van der Waals surface area contributed by atoms with E-state index >= 15 is 0 Å². The average Bonchev–Trinajstić information content (AvgIpc) is 3.27. The molecular formula is C21H18N2O5S. The van der Waals surface area contributed by atoms with E-state index in [9.17, 15) is 14.4 Å². The number of ether oxygens (including phenoxy) is 2. The average molecular weight is 410 g/mol. The summed E-state index contributed by atoms with van der Waals surface area (Å²) in [5, 5.41) is 4.40. The van der Waals surface area contributed by atoms with Gasteiger partial charge in [-0.1, -0.05) is 12.1 Å². The third-order valence-electron chi connectivity index (χ3n) is 4.22. The van der Waals surface area contributed by atoms with E-state index < -0.39 is 23.4 Å². The molecule has 0 aliphatic carbocycles. The summed E-state index contributed by atoms with van der Waals surface area (Å²) < 4.78 is 10.2. The van der Waals surface area contributed by atoms with Crippen molar-refractivity contribution < 1.29 is 23.9 Å². The Labute approximate surface area is 171 Å². The Morgan fingerprint density at radius 1 is 0.931 bits per heavy atom. The molecule has 0 spiro atoms. The summed E-state index contributed by atoms with van der Waals surface area (Å²) in [4.78, 5) is 42.5. The Balaban J connectivity index is 1.94. The van der Waals surface area contributed by atoms with Crippen molar-refractivity contribution >= 4 is 33.9 Å². The zero-order chi connectivity index (χ0) is 20.8. The van der Waals surface area contributed by atoms with Crippen molar-refractivity contribution in [2.75, 3.05) is 19.5 Å². The van der Waals surface area contributed by atoms with Gasteiger partial charge >= 0.3 is 0 Å². The van der Waals surface area contributed by atoms with E-state index in [1.54, 1.807) is 53.9 Å². The maximum Gasteiger partial charge on any atom is 0.294 e. The van der Waals surface area contributed by atoms with E-state index in [1.165, 1.54) is 31.8 Å². The molecule has 0 fully saturated rings. The van der Waals surface area contributed by atoms with Gasteiger partial charge in [-0.25, -0.2) is 4.98 Å². The number of aromatic nitrogens is 1. The molecule has 0 unspecified atom stereocenters. The first kappa shape index (κ1) is 20.2. The molecule has 0 bridgehead atoms. The van der Waals surface area contributed by atoms with Crippen LogP contribution >= 0.6 is 11.3 Å². The van der Waals surface area contributed by atoms with E-state index in [2.05, 4.69) is 10.3 Å². The molecule has 0 saturated carbocycles. The lowest BCUT2D eigenvalue weighted by Gasteiger charge is -2.15. The topological polar surface area (TPSA) is 94.6 Å². The fraction of sp³-hybridized carbons (Fsp3) is 0.143. The standard InChI is InChI=1S/C21H18N2O5S/c1-27-15-7-3-13(4-8-15)17(18(24)14-5-9-16(28-2)10-6-14)19(25)20(26)23-21-22-11-12-29-21/h3-12,17H,1-2H3,(H,22,23,26)/t17-/m0/s1. The molecule has 29 heavy (non-hydrogen) atoms. The highest BCUT2D eigenvalue weighted by molar-refractivity contribution is 7.13. The Morgan fingerprint density at radius 2 is 1.52 bits per heavy atom. The SMILES string of the molecule is COc1ccc(C(=O)[C@@H](C(=O)C(=O)Nc2nccs2)c2ccc(OC)cc2)cc1. The molecule has 8 heteroatoms. The summed E-state index contributed by atoms with van der Waals surface area (Å²) >= 11 is 1.18. The Hall–Kier alpha value is -3.52. The number of anilines is 1. The van der Waals surface area contributed by atoms with Gasteiger partial charge < -0.3 is 9.47 Å². The van der Waals surface area contributed by atoms with Crippen LogP contribution in [0.2, 0.25) is 0 Å². The van der Waals surface area contributed by atoms with Gasteiger partial charge in [0.1, 0.15) is 17.4 Å². The fourth-order valence-corrected chi connectivity index (χ4v) is 3.24. The van der Waals surface area contributed by atoms with E-state index in [-0.39, 0.29) is 5.13 Å². The zero-order valence-electron chi connectivity index (χ0n) is 15.7. The summed E-state index contributed by atoms with van der Waals surface area (Å²) in [6, 6.07) is 12.8. The molecule has 1 aromatic heterocycles. The van der Waals surface area contributed by atoms with Crippen LogP contribution in [-0.4, -0.2) is 36.7 Å². The second-order valence-corrected chi connectivity index (χ2v) is 6.85. The molecule has 0 radical (unpaired) electrons. The number of rotatable bonds is 8. The first-order valence-electron chi connectivity index (χ1n) is 8.60. The van der Waals surface area contributed by atoms with Crippen LogP contribution in [-0.2, 0) is 9.59 Å². The number of Topliss-reactive ketones (excluding diaryl/α,β-unsaturated/α-hetero) is 2. The maximum absolute atomic E-state index is 13.2. The number of hydrogen-bond acceptors (Lipinski definition) is 7. The van der Waals surface area contributed by atoms with Gasteiger partial charge in [0.2, 0.25) is 5.78 Å². The highest BCUT2D eigenvalue weighted by Gasteiger charge is 2.34. The largest absolute Gasteiger partial charge is 0.497 e. The Kier molecular flexibility index (Phi) is 6.36. The van der Waals surface area contributed by atoms with Crippen LogP contribution in [0, 0.1) is 0 Å². The normalized spacial score (nSPS) is 11.4. The lowest BCUT2D eigenvalue weighted by atomic mass is 9.86. The summed E-state index contributed by atoms with van der Waals surface area (Å²) in [6.45, 7) is 0. The van der Waals surface area contributed by atoms with Crippen LogP contribution in [0.3, 0.4) is 0 Å². The third-order valence-corrected chi connectivity index (χ3v) is 4.91. The molecule has 1 atom stereocenters. The number of nitrogens with one attached hydrogen (secondary N) is 1. The Bertz CT molecular complexity index is 999. The molecule has 3 aromatic rings. The summed E-state index contributed by atoms with van der Waals surface area (Å²) in [6.07, 6.45) is 1.51. The number of carbonyl (C=O) groups is 3. The highest BCUT2D eigenvalue weighted by atomic mass is 32.1. The van der Waals surface area contributed by atoms with Gasteiger partial charge in [-0.05, 0) is 42.0 Å². The molecule has 148 valence electrons. The summed E-state index contributed by atoms with van der Waals surface area (Å²) in [7, 11) is 3.03. The van der Waals surface area contributed by atoms with Gasteiger partial charge in [0.25, 0.3) is 5.91 Å². The van der Waals surface area contributed by atoms with E-state index in [0.29, 0.717) is 22.6 Å². The number of ketones is 2. The van der Waals surface area contributed by atoms with Crippen LogP contribution < -0.4 is 14.8 Å². The van der Waals surface area contributed by atoms with E-state index in [4.69, 9.17) is 9.47 Å². The van der Waals surface area contributed by atoms with Crippen LogP contribution in [0.4, 0.5) is 5.13 Å². The van der Waals surface area contributed by atoms with Gasteiger partial charge in [0.15, 0.2) is 10.9 Å². The molecule has 3 rings (SSSR count). The Morgan fingerprint density at radius 3 is 2.03 bits per heavy atom. The first-order valence-corrected chi connectivity index (χ1v) is 9.48. The second kappa shape index (κ2) is 9.11. The van der Waals surface area contributed by atoms with Crippen molar-refractivity contribution in [2.45, 2.75) is 5.92 Å². The van der Waals surface area contributed by atoms with Crippen LogP contribution in [0.5, 0.6) is 11.5 Å². The first-order chi connectivity index (χ1) is 14.0. The van der Waals surface area contributed by atoms with E-state index in [0.717, 1.165) is 0 Å². The van der Waals surface area contributed by atoms with Crippen LogP contribution in [0.1, 0.15) is 21.8 Å². The predicted octanol–water partition coefficient (Wildman–Crippen LogP) is 3.33. The summed E-state index contributed by atoms with van der Waals surface area (Å²) in [5.74, 6) is -2.40. The molecule has 0 saturated heterocycles. The van der Waals surface area contributed by atoms with E-state index in [1.807, 2.05) is 0 Å². The molecule has 0 aliphatic heterocycles. The van der Waals surface area contributed by atoms with Gasteiger partial charge in [-0.3, -0.25) is 19.7 Å². The van der Waals surface area contributed by atoms with Gasteiger partial charge in [-0.15, -0.1) is 11.3 Å². The van der Waals surface area contributed by atoms with Gasteiger partial charge in [0, 0.05) is 17.1 Å². The number of methoxy groups -OCH3 is 2. The lowest BCUT2D eigenvalue weighted by molar-refractivity contribution is -0.135. The molecule has 0 aliphatic rings. The van der Waals surface area contributed by atoms with Crippen molar-refractivity contribution in [1.29, 1.82) is 0 Å². The highest BCUT2D eigenvalue weighted by Crippen LogP contribution is 2.26. The second-order valence-electron chi connectivity index (χ2n) is 5.95. The monoisotopic (exact) mass is 410 g/mol. The molecule has 2 aromatic carbocycles. The molecule has 1 amide bonds. The number of carbonyl (C=O) groups excluding carboxylic acids is 3. The van der Waals surface area contributed by atoms with Crippen molar-refractivity contribution in [3.8, 4) is 11.5 Å². The quantitative estimate of drug-likeness (QED) is 0.348. The van der Waals surface area contributed by atoms with Crippen molar-refractivity contribution in [3.63, 3.8) is 0 Å². The number of hydrogen-bond donors (Lipinski definition) is 1. The molecule has 1 heterocycles. The number of nitrogens with zero attached hydrogens (tertiary/aromatic N) is 1. The van der Waals surface area contributed by atoms with Crippen molar-refractivity contribution in [3.05, 3.63) is 71.2 Å². The fourth-order valence-electron chi connectivity index (χ4n) is 2.72. The van der Waals surface area contributed by atoms with Crippen LogP contribution in [0.25, 0.3) is 0 Å². The molecule has 7 nitrogen and oxygen atoms in total. The van der Waals surface area contributed by atoms with Crippen molar-refractivity contribution in [2.24, 2.45) is 0 Å². The molecular weight excluding hydrogens is 392 g/mol. The smallest absolute Gasteiger partial charge is 0.294 e. The third kappa shape index (κ3) is 4.67. The number of benzene rings is 2. The lowest BCUT2D eigenvalue weighted by Crippen LogP contribution is -2.32. The minimum absolute atomic E-state index is 0.286. The van der Waals surface area contributed by atoms with Gasteiger partial charge in [0.05, 0.1) is 14.2 Å². The van der Waals surface area contributed by atoms with Crippen molar-refractivity contribution in [1.82, 2.24) is 4.98 Å². The molecule has 1 N–H and O–H groups in total. The van der Waals surface area contributed by atoms with Crippen LogP contribution in [0.15, 0.2) is 60.1 Å². The van der Waals surface area contributed by atoms with Gasteiger partial charge in [-0.2, -0.15) is 0 Å². The number of amides is 1. The zero-order valence-corrected chi connectivity index (χ0v) is 16.6. The minimum Gasteiger partial charge on any atom is -0.497 e. The maximum atomic E-state index is 13.2.